The number of hydrogen-bond acceptors (Lipinski definition) is 9. The highest BCUT2D eigenvalue weighted by atomic mass is 19.1. The van der Waals surface area contributed by atoms with Crippen molar-refractivity contribution >= 4 is 28.8 Å². The largest absolute Gasteiger partial charge is 0.378 e. The van der Waals surface area contributed by atoms with E-state index in [1.54, 1.807) is 13.3 Å². The maximum absolute atomic E-state index is 15.1. The van der Waals surface area contributed by atoms with E-state index < -0.39 is 11.6 Å². The van der Waals surface area contributed by atoms with Crippen molar-refractivity contribution in [3.8, 4) is 11.3 Å². The van der Waals surface area contributed by atoms with E-state index in [2.05, 4.69) is 56.3 Å². The number of rotatable bonds is 6. The van der Waals surface area contributed by atoms with Crippen molar-refractivity contribution in [1.29, 1.82) is 0 Å². The molecule has 13 heteroatoms. The topological polar surface area (TPSA) is 77.3 Å². The van der Waals surface area contributed by atoms with Crippen LogP contribution in [0.1, 0.15) is 32.0 Å². The molecule has 2 aromatic heterocycles. The first-order valence-corrected chi connectivity index (χ1v) is 18.5. The van der Waals surface area contributed by atoms with Gasteiger partial charge in [0.15, 0.2) is 5.82 Å². The summed E-state index contributed by atoms with van der Waals surface area (Å²) in [7, 11) is 3.74. The van der Waals surface area contributed by atoms with Gasteiger partial charge in [-0.3, -0.25) is 4.90 Å². The van der Waals surface area contributed by atoms with Crippen molar-refractivity contribution in [2.24, 2.45) is 5.10 Å². The van der Waals surface area contributed by atoms with Crippen molar-refractivity contribution in [2.45, 2.75) is 63.9 Å². The lowest BCUT2D eigenvalue weighted by Gasteiger charge is -2.42. The molecule has 4 unspecified atom stereocenters. The Hall–Kier alpha value is -5.14. The quantitative estimate of drug-likeness (QED) is 0.224. The average molecular weight is 740 g/mol. The number of halogens is 3. The zero-order valence-corrected chi connectivity index (χ0v) is 31.4. The number of hydrazone groups is 1. The number of pyridine rings is 1. The first-order valence-electron chi connectivity index (χ1n) is 18.5. The van der Waals surface area contributed by atoms with Crippen molar-refractivity contribution in [3.63, 3.8) is 0 Å². The Morgan fingerprint density at radius 3 is 2.52 bits per heavy atom. The van der Waals surface area contributed by atoms with E-state index in [1.807, 2.05) is 32.2 Å². The molecule has 1 fully saturated rings. The van der Waals surface area contributed by atoms with E-state index in [0.717, 1.165) is 47.9 Å². The number of unbranched alkanes of at least 4 members (excludes halogenated alkanes) is 1. The maximum atomic E-state index is 15.1. The van der Waals surface area contributed by atoms with Gasteiger partial charge >= 0.3 is 0 Å². The number of ether oxygens (including phenoxy) is 1. The fraction of sp³-hybridized carbons (Fsp3) is 0.390. The highest BCUT2D eigenvalue weighted by molar-refractivity contribution is 5.92. The van der Waals surface area contributed by atoms with Crippen LogP contribution in [0.2, 0.25) is 0 Å². The number of anilines is 2. The SMILES string of the molecule is C=C1/C=N\N(c2ccc(F)cc2F)C(=C)N(CCCC)CC1N1CC2CC1C(=C)N(C)CC(OC)Cn1c(C)nc3cc(F)cc(c31)-c1cccc(n1)N2. The van der Waals surface area contributed by atoms with Crippen LogP contribution in [-0.4, -0.2) is 100 Å². The summed E-state index contributed by atoms with van der Waals surface area (Å²) >= 11 is 0. The van der Waals surface area contributed by atoms with Crippen molar-refractivity contribution in [1.82, 2.24) is 29.2 Å². The van der Waals surface area contributed by atoms with E-state index in [4.69, 9.17) is 14.7 Å². The molecule has 5 heterocycles. The average Bonchev–Trinajstić information content (AvgIpc) is 3.69. The Morgan fingerprint density at radius 2 is 1.76 bits per heavy atom. The fourth-order valence-electron chi connectivity index (χ4n) is 7.96. The lowest BCUT2D eigenvalue weighted by molar-refractivity contribution is 0.0618. The molecule has 284 valence electrons. The van der Waals surface area contributed by atoms with Crippen LogP contribution in [0.5, 0.6) is 0 Å². The van der Waals surface area contributed by atoms with Crippen LogP contribution < -0.4 is 10.3 Å². The van der Waals surface area contributed by atoms with Crippen LogP contribution >= 0.6 is 0 Å². The molecule has 4 atom stereocenters. The van der Waals surface area contributed by atoms with E-state index in [1.165, 1.54) is 29.3 Å². The van der Waals surface area contributed by atoms with Gasteiger partial charge in [0.2, 0.25) is 0 Å². The lowest BCUT2D eigenvalue weighted by atomic mass is 10.0. The Balaban J connectivity index is 1.27. The number of fused-ring (bicyclic) bond motifs is 5. The van der Waals surface area contributed by atoms with Gasteiger partial charge in [0, 0.05) is 69.8 Å². The molecular weight excluding hydrogens is 692 g/mol. The van der Waals surface area contributed by atoms with Crippen LogP contribution in [-0.2, 0) is 11.3 Å². The standard InChI is InChI=1S/C41H48F3N9O/c1-8-9-15-50-24-39(25(2)20-45-53(28(50)5)37-14-13-29(42)17-34(37)44)52-21-31-19-38(52)26(3)49(6)22-32(54-7)23-51-27(4)46-36-18-30(43)16-33(41(36)51)35-11-10-12-40(47-31)48-35/h10-14,16-18,20,31-32,38-39H,2-3,5,8-9,15,19,21-24H2,1,4,6-7H3,(H,47,48)/b45-20-. The molecule has 54 heavy (non-hydrogen) atoms. The van der Waals surface area contributed by atoms with Gasteiger partial charge in [0.1, 0.15) is 34.8 Å². The van der Waals surface area contributed by atoms with Gasteiger partial charge in [-0.05, 0) is 55.7 Å². The molecule has 0 amide bonds. The second kappa shape index (κ2) is 15.3. The molecule has 1 saturated heterocycles. The van der Waals surface area contributed by atoms with Crippen LogP contribution in [0.15, 0.2) is 90.5 Å². The monoisotopic (exact) mass is 739 g/mol. The van der Waals surface area contributed by atoms with Crippen molar-refractivity contribution < 1.29 is 17.9 Å². The van der Waals surface area contributed by atoms with Crippen LogP contribution in [0.4, 0.5) is 24.7 Å². The molecule has 0 spiro atoms. The van der Waals surface area contributed by atoms with Gasteiger partial charge in [0.25, 0.3) is 0 Å². The van der Waals surface area contributed by atoms with Crippen LogP contribution in [0, 0.1) is 24.4 Å². The summed E-state index contributed by atoms with van der Waals surface area (Å²) in [5.41, 5.74) is 4.45. The third-order valence-corrected chi connectivity index (χ3v) is 10.9. The van der Waals surface area contributed by atoms with Gasteiger partial charge in [-0.2, -0.15) is 5.10 Å². The number of hydrogen-bond donors (Lipinski definition) is 1. The molecule has 3 aliphatic rings. The molecule has 3 aliphatic heterocycles. The predicted molar refractivity (Wildman–Crippen MR) is 209 cm³/mol. The molecule has 0 saturated carbocycles. The third kappa shape index (κ3) is 7.22. The highest BCUT2D eigenvalue weighted by Gasteiger charge is 2.41. The number of nitrogens with one attached hydrogen (secondary N) is 1. The Bertz CT molecular complexity index is 2110. The normalized spacial score (nSPS) is 23.2. The summed E-state index contributed by atoms with van der Waals surface area (Å²) in [6, 6.07) is 11.9. The van der Waals surface area contributed by atoms with Gasteiger partial charge in [0.05, 0.1) is 47.7 Å². The van der Waals surface area contributed by atoms with E-state index in [9.17, 15) is 4.39 Å². The number of nitrogens with zero attached hydrogens (tertiary/aromatic N) is 8. The third-order valence-electron chi connectivity index (χ3n) is 10.9. The Kier molecular flexibility index (Phi) is 10.5. The molecule has 7 rings (SSSR count). The number of benzene rings is 2. The summed E-state index contributed by atoms with van der Waals surface area (Å²) in [5, 5.41) is 9.79. The predicted octanol–water partition coefficient (Wildman–Crippen LogP) is 7.16. The maximum Gasteiger partial charge on any atom is 0.151 e. The zero-order valence-electron chi connectivity index (χ0n) is 31.4. The highest BCUT2D eigenvalue weighted by Crippen LogP contribution is 2.36. The zero-order chi connectivity index (χ0) is 38.3. The summed E-state index contributed by atoms with van der Waals surface area (Å²) in [4.78, 5) is 16.4. The van der Waals surface area contributed by atoms with Crippen LogP contribution in [0.3, 0.4) is 0 Å². The molecular formula is C41H48F3N9O. The molecule has 0 radical (unpaired) electrons. The second-order valence-corrected chi connectivity index (χ2v) is 14.5. The minimum absolute atomic E-state index is 0.0289. The first kappa shape index (κ1) is 37.2. The van der Waals surface area contributed by atoms with Crippen molar-refractivity contribution in [2.75, 3.05) is 50.7 Å². The lowest BCUT2D eigenvalue weighted by Crippen LogP contribution is -2.51. The van der Waals surface area contributed by atoms with Gasteiger partial charge in [-0.15, -0.1) is 0 Å². The van der Waals surface area contributed by atoms with Crippen LogP contribution in [0.25, 0.3) is 22.3 Å². The molecule has 10 nitrogen and oxygen atoms in total. The number of aryl methyl sites for hydroxylation is 1. The fourth-order valence-corrected chi connectivity index (χ4v) is 7.96. The van der Waals surface area contributed by atoms with E-state index in [-0.39, 0.29) is 35.7 Å². The summed E-state index contributed by atoms with van der Waals surface area (Å²) in [6.07, 6.45) is 3.95. The molecule has 0 aliphatic carbocycles. The smallest absolute Gasteiger partial charge is 0.151 e. The van der Waals surface area contributed by atoms with Gasteiger partial charge in [-0.1, -0.05) is 39.1 Å². The minimum Gasteiger partial charge on any atom is -0.378 e. The number of aromatic nitrogens is 3. The summed E-state index contributed by atoms with van der Waals surface area (Å²) < 4.78 is 52.3. The first-order chi connectivity index (χ1) is 25.9. The Labute approximate surface area is 314 Å². The molecule has 4 bridgehead atoms. The molecule has 4 aromatic rings. The number of likely N-dealkylation sites (N-methyl/N-ethyl adjacent to an activating group) is 1. The van der Waals surface area contributed by atoms with Gasteiger partial charge < -0.3 is 24.4 Å². The molecule has 1 N–H and O–H groups in total. The van der Waals surface area contributed by atoms with E-state index in [0.29, 0.717) is 61.1 Å². The van der Waals surface area contributed by atoms with Crippen molar-refractivity contribution in [3.05, 3.63) is 109 Å². The number of likely N-dealkylation sites (tertiary alicyclic amines) is 1. The minimum atomic E-state index is -0.729. The molecule has 2 aromatic carbocycles. The number of methoxy groups -OCH3 is 1. The number of imidazole rings is 1. The Morgan fingerprint density at radius 1 is 0.944 bits per heavy atom. The van der Waals surface area contributed by atoms with E-state index >= 15 is 8.78 Å². The second-order valence-electron chi connectivity index (χ2n) is 14.5. The summed E-state index contributed by atoms with van der Waals surface area (Å²) in [6.45, 7) is 20.4. The summed E-state index contributed by atoms with van der Waals surface area (Å²) in [5.74, 6) is 0.148. The van der Waals surface area contributed by atoms with Gasteiger partial charge in [-0.25, -0.2) is 28.1 Å².